The van der Waals surface area contributed by atoms with Crippen LogP contribution in [0.15, 0.2) is 72.3 Å². The SMILES string of the molecule is COc1ccc(/C=C2/C(=O)NC(=O)N(c3ccc(F)cc3)C2=O)cc1CN1C(=O)c2ccccc2C1=O. The maximum absolute atomic E-state index is 13.3. The van der Waals surface area contributed by atoms with E-state index in [0.717, 1.165) is 21.9 Å². The molecule has 1 fully saturated rings. The number of carbonyl (C=O) groups is 5. The average molecular weight is 499 g/mol. The number of ether oxygens (including phenoxy) is 1. The second-order valence-corrected chi connectivity index (χ2v) is 8.25. The topological polar surface area (TPSA) is 113 Å². The fourth-order valence-electron chi connectivity index (χ4n) is 4.21. The number of hydrogen-bond acceptors (Lipinski definition) is 6. The van der Waals surface area contributed by atoms with E-state index in [4.69, 9.17) is 4.74 Å². The van der Waals surface area contributed by atoms with Crippen molar-refractivity contribution in [2.45, 2.75) is 6.54 Å². The van der Waals surface area contributed by atoms with Gasteiger partial charge in [0.2, 0.25) is 0 Å². The summed E-state index contributed by atoms with van der Waals surface area (Å²) in [6.45, 7) is -0.104. The van der Waals surface area contributed by atoms with Gasteiger partial charge >= 0.3 is 6.03 Å². The predicted molar refractivity (Wildman–Crippen MR) is 129 cm³/mol. The van der Waals surface area contributed by atoms with Crippen LogP contribution in [0.1, 0.15) is 31.8 Å². The van der Waals surface area contributed by atoms with Crippen LogP contribution >= 0.6 is 0 Å². The predicted octanol–water partition coefficient (Wildman–Crippen LogP) is 3.30. The summed E-state index contributed by atoms with van der Waals surface area (Å²) in [7, 11) is 1.43. The Bertz CT molecular complexity index is 1490. The van der Waals surface area contributed by atoms with Gasteiger partial charge in [0.1, 0.15) is 17.1 Å². The first kappa shape index (κ1) is 23.6. The molecule has 0 aliphatic carbocycles. The summed E-state index contributed by atoms with van der Waals surface area (Å²) >= 11 is 0. The minimum atomic E-state index is -0.959. The molecule has 0 radical (unpaired) electrons. The maximum atomic E-state index is 13.3. The minimum absolute atomic E-state index is 0.0864. The zero-order valence-corrected chi connectivity index (χ0v) is 19.4. The van der Waals surface area contributed by atoms with Crippen LogP contribution in [-0.2, 0) is 16.1 Å². The van der Waals surface area contributed by atoms with Crippen molar-refractivity contribution >= 4 is 41.4 Å². The Kier molecular flexibility index (Phi) is 5.84. The van der Waals surface area contributed by atoms with Gasteiger partial charge in [0.25, 0.3) is 23.6 Å². The quantitative estimate of drug-likeness (QED) is 0.328. The number of fused-ring (bicyclic) bond motifs is 1. The highest BCUT2D eigenvalue weighted by Crippen LogP contribution is 2.29. The number of amides is 6. The Hall–Kier alpha value is -5.12. The number of hydrogen-bond donors (Lipinski definition) is 1. The van der Waals surface area contributed by atoms with Gasteiger partial charge in [0.05, 0.1) is 30.5 Å². The number of barbiturate groups is 1. The van der Waals surface area contributed by atoms with E-state index < -0.39 is 35.5 Å². The second-order valence-electron chi connectivity index (χ2n) is 8.25. The van der Waals surface area contributed by atoms with Crippen molar-refractivity contribution in [3.05, 3.63) is 100 Å². The van der Waals surface area contributed by atoms with Crippen LogP contribution in [0.4, 0.5) is 14.9 Å². The summed E-state index contributed by atoms with van der Waals surface area (Å²) in [5.41, 5.74) is 1.21. The van der Waals surface area contributed by atoms with E-state index in [1.807, 2.05) is 0 Å². The van der Waals surface area contributed by atoms with Crippen molar-refractivity contribution in [2.24, 2.45) is 0 Å². The van der Waals surface area contributed by atoms with Crippen LogP contribution in [0.2, 0.25) is 0 Å². The van der Waals surface area contributed by atoms with E-state index in [1.165, 1.54) is 25.3 Å². The van der Waals surface area contributed by atoms with Crippen LogP contribution in [-0.4, -0.2) is 41.7 Å². The molecule has 3 aromatic rings. The van der Waals surface area contributed by atoms with Crippen molar-refractivity contribution in [2.75, 3.05) is 12.0 Å². The summed E-state index contributed by atoms with van der Waals surface area (Å²) in [4.78, 5) is 65.4. The molecule has 184 valence electrons. The third kappa shape index (κ3) is 4.14. The smallest absolute Gasteiger partial charge is 0.335 e. The number of carbonyl (C=O) groups excluding carboxylic acids is 5. The number of nitrogens with one attached hydrogen (secondary N) is 1. The summed E-state index contributed by atoms with van der Waals surface area (Å²) in [6.07, 6.45) is 1.28. The Morgan fingerprint density at radius 1 is 0.865 bits per heavy atom. The molecule has 10 heteroatoms. The molecule has 2 aliphatic rings. The monoisotopic (exact) mass is 499 g/mol. The Morgan fingerprint density at radius 2 is 1.51 bits per heavy atom. The number of anilines is 1. The average Bonchev–Trinajstić information content (AvgIpc) is 3.12. The first-order valence-corrected chi connectivity index (χ1v) is 11.1. The number of nitrogens with zero attached hydrogens (tertiary/aromatic N) is 2. The van der Waals surface area contributed by atoms with Gasteiger partial charge in [0.15, 0.2) is 0 Å². The molecule has 0 unspecified atom stereocenters. The number of imide groups is 3. The zero-order chi connectivity index (χ0) is 26.3. The van der Waals surface area contributed by atoms with E-state index in [-0.39, 0.29) is 17.8 Å². The summed E-state index contributed by atoms with van der Waals surface area (Å²) < 4.78 is 18.7. The molecule has 1 N–H and O–H groups in total. The summed E-state index contributed by atoms with van der Waals surface area (Å²) in [5.74, 6) is -2.84. The maximum Gasteiger partial charge on any atom is 0.335 e. The Morgan fingerprint density at radius 3 is 2.14 bits per heavy atom. The number of methoxy groups -OCH3 is 1. The summed E-state index contributed by atoms with van der Waals surface area (Å²) in [6, 6.07) is 14.9. The molecule has 3 aromatic carbocycles. The first-order valence-electron chi connectivity index (χ1n) is 11.1. The third-order valence-electron chi connectivity index (χ3n) is 6.01. The first-order chi connectivity index (χ1) is 17.8. The van der Waals surface area contributed by atoms with Gasteiger partial charge in [-0.2, -0.15) is 0 Å². The number of benzene rings is 3. The highest BCUT2D eigenvalue weighted by Gasteiger charge is 2.37. The molecule has 1 saturated heterocycles. The minimum Gasteiger partial charge on any atom is -0.496 e. The van der Waals surface area contributed by atoms with Gasteiger partial charge < -0.3 is 4.74 Å². The molecule has 37 heavy (non-hydrogen) atoms. The van der Waals surface area contributed by atoms with Crippen LogP contribution in [0, 0.1) is 5.82 Å². The lowest BCUT2D eigenvalue weighted by molar-refractivity contribution is -0.122. The molecule has 2 aliphatic heterocycles. The fraction of sp³-hybridized carbons (Fsp3) is 0.0741. The normalized spacial score (nSPS) is 16.4. The molecule has 5 rings (SSSR count). The Balaban J connectivity index is 1.47. The Labute approximate surface area is 209 Å². The molecular formula is C27H18FN3O6. The van der Waals surface area contributed by atoms with Crippen molar-refractivity contribution in [3.8, 4) is 5.75 Å². The molecule has 6 amide bonds. The highest BCUT2D eigenvalue weighted by atomic mass is 19.1. The van der Waals surface area contributed by atoms with Gasteiger partial charge in [-0.3, -0.25) is 29.4 Å². The zero-order valence-electron chi connectivity index (χ0n) is 19.4. The van der Waals surface area contributed by atoms with E-state index in [9.17, 15) is 28.4 Å². The molecular weight excluding hydrogens is 481 g/mol. The molecule has 9 nitrogen and oxygen atoms in total. The lowest BCUT2D eigenvalue weighted by atomic mass is 10.0. The van der Waals surface area contributed by atoms with E-state index >= 15 is 0 Å². The van der Waals surface area contributed by atoms with Crippen molar-refractivity contribution in [3.63, 3.8) is 0 Å². The summed E-state index contributed by atoms with van der Waals surface area (Å²) in [5, 5.41) is 2.10. The second kappa shape index (κ2) is 9.15. The third-order valence-corrected chi connectivity index (χ3v) is 6.01. The van der Waals surface area contributed by atoms with E-state index in [0.29, 0.717) is 28.0 Å². The van der Waals surface area contributed by atoms with Crippen LogP contribution in [0.25, 0.3) is 6.08 Å². The van der Waals surface area contributed by atoms with Crippen LogP contribution < -0.4 is 15.0 Å². The number of urea groups is 1. The molecule has 0 atom stereocenters. The number of halogens is 1. The lowest BCUT2D eigenvalue weighted by Gasteiger charge is -2.26. The molecule has 0 aromatic heterocycles. The fourth-order valence-corrected chi connectivity index (χ4v) is 4.21. The van der Waals surface area contributed by atoms with Crippen LogP contribution in [0.3, 0.4) is 0 Å². The molecule has 0 bridgehead atoms. The standard InChI is InChI=1S/C27H18FN3O6/c1-37-22-11-6-15(12-16(22)14-30-24(33)19-4-2-3-5-20(19)25(30)34)13-21-23(32)29-27(36)31(26(21)35)18-9-7-17(28)8-10-18/h2-13H,14H2,1H3,(H,29,32,36)/b21-13-. The van der Waals surface area contributed by atoms with Crippen molar-refractivity contribution in [1.82, 2.24) is 10.2 Å². The lowest BCUT2D eigenvalue weighted by Crippen LogP contribution is -2.54. The molecule has 0 saturated carbocycles. The van der Waals surface area contributed by atoms with Gasteiger partial charge in [-0.25, -0.2) is 14.1 Å². The molecule has 0 spiro atoms. The number of rotatable bonds is 5. The van der Waals surface area contributed by atoms with Crippen molar-refractivity contribution < 1.29 is 33.1 Å². The molecule has 2 heterocycles. The van der Waals surface area contributed by atoms with Gasteiger partial charge in [-0.1, -0.05) is 18.2 Å². The van der Waals surface area contributed by atoms with E-state index in [1.54, 1.807) is 42.5 Å². The van der Waals surface area contributed by atoms with E-state index in [2.05, 4.69) is 5.32 Å². The van der Waals surface area contributed by atoms with Crippen LogP contribution in [0.5, 0.6) is 5.75 Å². The van der Waals surface area contributed by atoms with Gasteiger partial charge in [0, 0.05) is 5.56 Å². The highest BCUT2D eigenvalue weighted by molar-refractivity contribution is 6.39. The van der Waals surface area contributed by atoms with Crippen molar-refractivity contribution in [1.29, 1.82) is 0 Å². The van der Waals surface area contributed by atoms with Gasteiger partial charge in [-0.05, 0) is 60.2 Å². The van der Waals surface area contributed by atoms with Gasteiger partial charge in [-0.15, -0.1) is 0 Å². The largest absolute Gasteiger partial charge is 0.496 e.